The second-order valence-electron chi connectivity index (χ2n) is 4.51. The summed E-state index contributed by atoms with van der Waals surface area (Å²) >= 11 is 5.72. The van der Waals surface area contributed by atoms with E-state index in [1.165, 1.54) is 30.5 Å². The zero-order chi connectivity index (χ0) is 17.5. The van der Waals surface area contributed by atoms with Gasteiger partial charge in [0.1, 0.15) is 0 Å². The van der Waals surface area contributed by atoms with E-state index in [0.717, 1.165) is 0 Å². The summed E-state index contributed by atoms with van der Waals surface area (Å²) in [5, 5.41) is 17.0. The number of non-ortho nitro benzene ring substituents is 1. The van der Waals surface area contributed by atoms with Gasteiger partial charge in [-0.15, -0.1) is 0 Å². The van der Waals surface area contributed by atoms with E-state index < -0.39 is 16.7 Å². The Kier molecular flexibility index (Phi) is 5.58. The van der Waals surface area contributed by atoms with Crippen molar-refractivity contribution in [1.29, 1.82) is 0 Å². The molecule has 2 aromatic carbocycles. The van der Waals surface area contributed by atoms with Gasteiger partial charge in [0.2, 0.25) is 0 Å². The number of hydrogen-bond donors (Lipinski definition) is 2. The number of amides is 2. The van der Waals surface area contributed by atoms with Gasteiger partial charge in [0.25, 0.3) is 5.69 Å². The Labute approximate surface area is 141 Å². The molecular formula is C15H11ClN4O4. The molecular weight excluding hydrogens is 336 g/mol. The van der Waals surface area contributed by atoms with Crippen molar-refractivity contribution in [1.82, 2.24) is 5.43 Å². The maximum absolute atomic E-state index is 11.7. The van der Waals surface area contributed by atoms with Crippen LogP contribution >= 0.6 is 11.6 Å². The van der Waals surface area contributed by atoms with Crippen molar-refractivity contribution >= 4 is 41.0 Å². The van der Waals surface area contributed by atoms with Crippen LogP contribution in [-0.2, 0) is 9.59 Å². The number of hydrogen-bond acceptors (Lipinski definition) is 5. The number of anilines is 1. The molecule has 0 heterocycles. The fourth-order valence-electron chi connectivity index (χ4n) is 1.62. The molecule has 0 unspecified atom stereocenters. The van der Waals surface area contributed by atoms with Gasteiger partial charge in [-0.25, -0.2) is 5.43 Å². The summed E-state index contributed by atoms with van der Waals surface area (Å²) in [6, 6.07) is 11.8. The number of carbonyl (C=O) groups excluding carboxylic acids is 2. The molecule has 0 spiro atoms. The number of carbonyl (C=O) groups is 2. The molecule has 9 heteroatoms. The smallest absolute Gasteiger partial charge is 0.318 e. The van der Waals surface area contributed by atoms with Crippen LogP contribution in [0.3, 0.4) is 0 Å². The zero-order valence-electron chi connectivity index (χ0n) is 12.1. The van der Waals surface area contributed by atoms with Gasteiger partial charge in [-0.1, -0.05) is 11.6 Å². The first-order chi connectivity index (χ1) is 11.5. The highest BCUT2D eigenvalue weighted by Crippen LogP contribution is 2.13. The normalized spacial score (nSPS) is 10.4. The lowest BCUT2D eigenvalue weighted by Gasteiger charge is -2.03. The summed E-state index contributed by atoms with van der Waals surface area (Å²) in [5.41, 5.74) is 2.94. The van der Waals surface area contributed by atoms with E-state index in [0.29, 0.717) is 16.3 Å². The van der Waals surface area contributed by atoms with Crippen molar-refractivity contribution < 1.29 is 14.5 Å². The van der Waals surface area contributed by atoms with E-state index in [2.05, 4.69) is 15.8 Å². The summed E-state index contributed by atoms with van der Waals surface area (Å²) in [7, 11) is 0. The molecule has 0 aromatic heterocycles. The Hall–Kier alpha value is -3.26. The van der Waals surface area contributed by atoms with Gasteiger partial charge in [-0.2, -0.15) is 5.10 Å². The van der Waals surface area contributed by atoms with E-state index in [1.54, 1.807) is 24.3 Å². The summed E-state index contributed by atoms with van der Waals surface area (Å²) in [5.74, 6) is -1.85. The van der Waals surface area contributed by atoms with E-state index in [9.17, 15) is 19.7 Å². The van der Waals surface area contributed by atoms with E-state index in [1.807, 2.05) is 0 Å². The minimum atomic E-state index is -0.955. The molecule has 0 fully saturated rings. The third kappa shape index (κ3) is 4.89. The first-order valence-electron chi connectivity index (χ1n) is 6.60. The number of rotatable bonds is 4. The quantitative estimate of drug-likeness (QED) is 0.382. The SMILES string of the molecule is O=C(N/N=C/c1ccc([N+](=O)[O-])cc1)C(=O)Nc1ccc(Cl)cc1. The summed E-state index contributed by atoms with van der Waals surface area (Å²) in [6.45, 7) is 0. The Balaban J connectivity index is 1.88. The van der Waals surface area contributed by atoms with Crippen LogP contribution in [0.2, 0.25) is 5.02 Å². The van der Waals surface area contributed by atoms with Crippen LogP contribution in [0.1, 0.15) is 5.56 Å². The van der Waals surface area contributed by atoms with Gasteiger partial charge in [-0.3, -0.25) is 19.7 Å². The largest absolute Gasteiger partial charge is 0.329 e. The monoisotopic (exact) mass is 346 g/mol. The maximum Gasteiger partial charge on any atom is 0.329 e. The molecule has 2 aromatic rings. The topological polar surface area (TPSA) is 114 Å². The van der Waals surface area contributed by atoms with Crippen molar-refractivity contribution in [3.05, 3.63) is 69.2 Å². The highest BCUT2D eigenvalue weighted by Gasteiger charge is 2.12. The molecule has 0 saturated carbocycles. The van der Waals surface area contributed by atoms with Crippen molar-refractivity contribution in [3.8, 4) is 0 Å². The molecule has 0 aliphatic carbocycles. The van der Waals surface area contributed by atoms with Crippen LogP contribution in [0.25, 0.3) is 0 Å². The molecule has 0 aliphatic heterocycles. The van der Waals surface area contributed by atoms with E-state index in [-0.39, 0.29) is 5.69 Å². The Morgan fingerprint density at radius 3 is 2.25 bits per heavy atom. The predicted molar refractivity (Wildman–Crippen MR) is 88.9 cm³/mol. The summed E-state index contributed by atoms with van der Waals surface area (Å²) in [6.07, 6.45) is 1.26. The Bertz CT molecular complexity index is 788. The maximum atomic E-state index is 11.7. The van der Waals surface area contributed by atoms with Gasteiger partial charge in [0.05, 0.1) is 11.1 Å². The van der Waals surface area contributed by atoms with Crippen LogP contribution in [0, 0.1) is 10.1 Å². The van der Waals surface area contributed by atoms with Gasteiger partial charge in [-0.05, 0) is 42.0 Å². The van der Waals surface area contributed by atoms with E-state index in [4.69, 9.17) is 11.6 Å². The fourth-order valence-corrected chi connectivity index (χ4v) is 1.75. The van der Waals surface area contributed by atoms with Crippen molar-refractivity contribution in [2.75, 3.05) is 5.32 Å². The van der Waals surface area contributed by atoms with Gasteiger partial charge < -0.3 is 5.32 Å². The summed E-state index contributed by atoms with van der Waals surface area (Å²) < 4.78 is 0. The van der Waals surface area contributed by atoms with Crippen molar-refractivity contribution in [2.45, 2.75) is 0 Å². The van der Waals surface area contributed by atoms with Crippen molar-refractivity contribution in [2.24, 2.45) is 5.10 Å². The lowest BCUT2D eigenvalue weighted by molar-refractivity contribution is -0.384. The molecule has 0 atom stereocenters. The lowest BCUT2D eigenvalue weighted by Crippen LogP contribution is -2.32. The van der Waals surface area contributed by atoms with Gasteiger partial charge in [0, 0.05) is 22.8 Å². The second-order valence-corrected chi connectivity index (χ2v) is 4.95. The third-order valence-corrected chi connectivity index (χ3v) is 3.04. The highest BCUT2D eigenvalue weighted by molar-refractivity contribution is 6.39. The number of nitrogens with zero attached hydrogens (tertiary/aromatic N) is 2. The molecule has 2 N–H and O–H groups in total. The average Bonchev–Trinajstić information content (AvgIpc) is 2.57. The van der Waals surface area contributed by atoms with Crippen molar-refractivity contribution in [3.63, 3.8) is 0 Å². The number of benzene rings is 2. The van der Waals surface area contributed by atoms with Crippen LogP contribution in [0.5, 0.6) is 0 Å². The number of nitro benzene ring substituents is 1. The molecule has 24 heavy (non-hydrogen) atoms. The number of halogens is 1. The van der Waals surface area contributed by atoms with Crippen LogP contribution in [0.15, 0.2) is 53.6 Å². The number of nitrogens with one attached hydrogen (secondary N) is 2. The third-order valence-electron chi connectivity index (χ3n) is 2.79. The molecule has 0 saturated heterocycles. The first-order valence-corrected chi connectivity index (χ1v) is 6.98. The first kappa shape index (κ1) is 17.1. The van der Waals surface area contributed by atoms with E-state index >= 15 is 0 Å². The number of hydrazone groups is 1. The van der Waals surface area contributed by atoms with Crippen LogP contribution in [0.4, 0.5) is 11.4 Å². The molecule has 0 aliphatic rings. The zero-order valence-corrected chi connectivity index (χ0v) is 12.9. The number of nitro groups is 1. The standard InChI is InChI=1S/C15H11ClN4O4/c16-11-3-5-12(6-4-11)18-14(21)15(22)19-17-9-10-1-7-13(8-2-10)20(23)24/h1-9H,(H,18,21)(H,19,22)/b17-9+. The summed E-state index contributed by atoms with van der Waals surface area (Å²) in [4.78, 5) is 33.2. The highest BCUT2D eigenvalue weighted by atomic mass is 35.5. The Morgan fingerprint density at radius 1 is 1.04 bits per heavy atom. The lowest BCUT2D eigenvalue weighted by atomic mass is 10.2. The second kappa shape index (κ2) is 7.84. The van der Waals surface area contributed by atoms with Crippen LogP contribution in [-0.4, -0.2) is 23.0 Å². The predicted octanol–water partition coefficient (Wildman–Crippen LogP) is 2.34. The van der Waals surface area contributed by atoms with Crippen LogP contribution < -0.4 is 10.7 Å². The minimum absolute atomic E-state index is 0.0569. The Morgan fingerprint density at radius 2 is 1.67 bits per heavy atom. The molecule has 8 nitrogen and oxygen atoms in total. The average molecular weight is 347 g/mol. The fraction of sp³-hybridized carbons (Fsp3) is 0. The molecule has 122 valence electrons. The molecule has 2 amide bonds. The van der Waals surface area contributed by atoms with Gasteiger partial charge in [0.15, 0.2) is 0 Å². The molecule has 2 rings (SSSR count). The minimum Gasteiger partial charge on any atom is -0.318 e. The van der Waals surface area contributed by atoms with Gasteiger partial charge >= 0.3 is 11.8 Å². The molecule has 0 radical (unpaired) electrons. The molecule has 0 bridgehead atoms.